The molecule has 3 rings (SSSR count). The highest BCUT2D eigenvalue weighted by Gasteiger charge is 2.03. The number of unbranched alkanes of at least 4 members (excludes halogenated alkanes) is 1. The summed E-state index contributed by atoms with van der Waals surface area (Å²) in [5.41, 5.74) is 2.39. The Morgan fingerprint density at radius 1 is 1.00 bits per heavy atom. The van der Waals surface area contributed by atoms with Crippen molar-refractivity contribution in [1.82, 2.24) is 10.3 Å². The van der Waals surface area contributed by atoms with Gasteiger partial charge in [0.15, 0.2) is 0 Å². The van der Waals surface area contributed by atoms with Gasteiger partial charge in [0.05, 0.1) is 0 Å². The summed E-state index contributed by atoms with van der Waals surface area (Å²) in [6.45, 7) is 3.11. The van der Waals surface area contributed by atoms with Gasteiger partial charge in [-0.2, -0.15) is 0 Å². The van der Waals surface area contributed by atoms with E-state index in [1.54, 1.807) is 12.1 Å². The minimum atomic E-state index is -0.140. The fraction of sp³-hybridized carbons (Fsp3) is 0.318. The van der Waals surface area contributed by atoms with Crippen LogP contribution in [0.4, 0.5) is 4.39 Å². The number of halogens is 2. The van der Waals surface area contributed by atoms with E-state index < -0.39 is 0 Å². The maximum Gasteiger partial charge on any atom is 0.123 e. The van der Waals surface area contributed by atoms with E-state index in [-0.39, 0.29) is 18.2 Å². The van der Waals surface area contributed by atoms with Gasteiger partial charge in [-0.15, -0.1) is 12.4 Å². The number of nitrogens with zero attached hydrogens (tertiary/aromatic N) is 1. The summed E-state index contributed by atoms with van der Waals surface area (Å²) in [6.07, 6.45) is 8.05. The average molecular weight is 373 g/mol. The lowest BCUT2D eigenvalue weighted by Gasteiger charge is -2.14. The Labute approximate surface area is 161 Å². The van der Waals surface area contributed by atoms with Crippen molar-refractivity contribution in [2.45, 2.75) is 45.2 Å². The predicted octanol–water partition coefficient (Wildman–Crippen LogP) is 5.69. The van der Waals surface area contributed by atoms with Gasteiger partial charge < -0.3 is 5.32 Å². The van der Waals surface area contributed by atoms with Gasteiger partial charge in [0.2, 0.25) is 0 Å². The molecule has 1 aromatic heterocycles. The monoisotopic (exact) mass is 372 g/mol. The first-order valence-electron chi connectivity index (χ1n) is 9.01. The van der Waals surface area contributed by atoms with Gasteiger partial charge in [-0.25, -0.2) is 4.39 Å². The van der Waals surface area contributed by atoms with Crippen LogP contribution in [-0.2, 0) is 13.0 Å². The highest BCUT2D eigenvalue weighted by atomic mass is 35.5. The van der Waals surface area contributed by atoms with Gasteiger partial charge in [0.1, 0.15) is 5.82 Å². The number of aryl methyl sites for hydroxylation is 1. The molecular formula is C22H26ClFN2. The number of hydrogen-bond acceptors (Lipinski definition) is 2. The van der Waals surface area contributed by atoms with Crippen molar-refractivity contribution in [2.75, 3.05) is 0 Å². The van der Waals surface area contributed by atoms with E-state index in [0.717, 1.165) is 37.8 Å². The number of nitrogens with one attached hydrogen (secondary N) is 1. The Balaban J connectivity index is 0.00000243. The zero-order chi connectivity index (χ0) is 17.5. The van der Waals surface area contributed by atoms with Gasteiger partial charge in [0, 0.05) is 30.4 Å². The first-order valence-corrected chi connectivity index (χ1v) is 9.01. The van der Waals surface area contributed by atoms with Crippen LogP contribution >= 0.6 is 12.4 Å². The number of fused-ring (bicyclic) bond motifs is 1. The van der Waals surface area contributed by atoms with Gasteiger partial charge >= 0.3 is 0 Å². The number of aromatic nitrogens is 1. The zero-order valence-electron chi connectivity index (χ0n) is 15.1. The number of benzene rings is 2. The van der Waals surface area contributed by atoms with Crippen LogP contribution in [0.1, 0.15) is 37.3 Å². The van der Waals surface area contributed by atoms with Crippen molar-refractivity contribution in [2.24, 2.45) is 0 Å². The topological polar surface area (TPSA) is 24.9 Å². The lowest BCUT2D eigenvalue weighted by atomic mass is 10.0. The van der Waals surface area contributed by atoms with E-state index in [0.29, 0.717) is 6.04 Å². The second kappa shape index (κ2) is 10.2. The summed E-state index contributed by atoms with van der Waals surface area (Å²) in [5.74, 6) is -0.140. The molecular weight excluding hydrogens is 347 g/mol. The third-order valence-corrected chi connectivity index (χ3v) is 4.60. The van der Waals surface area contributed by atoms with E-state index in [2.05, 4.69) is 41.5 Å². The molecule has 26 heavy (non-hydrogen) atoms. The summed E-state index contributed by atoms with van der Waals surface area (Å²) in [5, 5.41) is 6.01. The highest BCUT2D eigenvalue weighted by molar-refractivity contribution is 5.85. The molecule has 0 fully saturated rings. The summed E-state index contributed by atoms with van der Waals surface area (Å²) in [7, 11) is 0. The Kier molecular flexibility index (Phi) is 8.02. The molecule has 0 saturated heterocycles. The summed E-state index contributed by atoms with van der Waals surface area (Å²) < 4.78 is 13.2. The smallest absolute Gasteiger partial charge is 0.123 e. The molecule has 0 unspecified atom stereocenters. The lowest BCUT2D eigenvalue weighted by molar-refractivity contribution is 0.489. The van der Waals surface area contributed by atoms with Crippen molar-refractivity contribution in [3.8, 4) is 0 Å². The van der Waals surface area contributed by atoms with E-state index in [1.807, 2.05) is 18.5 Å². The maximum atomic E-state index is 13.2. The quantitative estimate of drug-likeness (QED) is 0.514. The fourth-order valence-electron chi connectivity index (χ4n) is 3.11. The molecule has 1 N–H and O–H groups in total. The Morgan fingerprint density at radius 3 is 2.73 bits per heavy atom. The minimum absolute atomic E-state index is 0. The predicted molar refractivity (Wildman–Crippen MR) is 109 cm³/mol. The van der Waals surface area contributed by atoms with E-state index in [4.69, 9.17) is 0 Å². The van der Waals surface area contributed by atoms with Crippen molar-refractivity contribution < 1.29 is 4.39 Å². The second-order valence-corrected chi connectivity index (χ2v) is 6.71. The molecule has 0 spiro atoms. The van der Waals surface area contributed by atoms with Crippen LogP contribution in [0.15, 0.2) is 60.9 Å². The number of rotatable bonds is 8. The molecule has 0 aliphatic rings. The molecule has 0 aliphatic heterocycles. The minimum Gasteiger partial charge on any atom is -0.310 e. The van der Waals surface area contributed by atoms with Crippen molar-refractivity contribution >= 4 is 23.2 Å². The number of pyridine rings is 1. The summed E-state index contributed by atoms with van der Waals surface area (Å²) >= 11 is 0. The maximum absolute atomic E-state index is 13.2. The molecule has 0 aliphatic carbocycles. The standard InChI is InChI=1S/C22H25FN2.ClH/c1-17(5-2-3-6-18-7-4-8-22(23)14-18)25-15-19-9-10-21-16-24-12-11-20(21)13-19;/h4,7-14,16-17,25H,2-3,5-6,15H2,1H3;1H/t17-;/m1./s1. The van der Waals surface area contributed by atoms with Crippen LogP contribution in [0.25, 0.3) is 10.8 Å². The molecule has 1 atom stereocenters. The van der Waals surface area contributed by atoms with Crippen LogP contribution in [0.5, 0.6) is 0 Å². The number of hydrogen-bond donors (Lipinski definition) is 1. The van der Waals surface area contributed by atoms with E-state index in [1.165, 1.54) is 22.4 Å². The Hall–Kier alpha value is -1.97. The van der Waals surface area contributed by atoms with E-state index in [9.17, 15) is 4.39 Å². The molecule has 0 radical (unpaired) electrons. The van der Waals surface area contributed by atoms with Crippen molar-refractivity contribution in [3.63, 3.8) is 0 Å². The molecule has 0 bridgehead atoms. The van der Waals surface area contributed by atoms with Crippen molar-refractivity contribution in [1.29, 1.82) is 0 Å². The normalized spacial score (nSPS) is 11.9. The second-order valence-electron chi connectivity index (χ2n) is 6.71. The van der Waals surface area contributed by atoms with Gasteiger partial charge in [-0.3, -0.25) is 4.98 Å². The van der Waals surface area contributed by atoms with Crippen molar-refractivity contribution in [3.05, 3.63) is 77.9 Å². The van der Waals surface area contributed by atoms with Gasteiger partial charge in [0.25, 0.3) is 0 Å². The molecule has 0 amide bonds. The lowest BCUT2D eigenvalue weighted by Crippen LogP contribution is -2.25. The third-order valence-electron chi connectivity index (χ3n) is 4.60. The van der Waals surface area contributed by atoms with Crippen LogP contribution in [0.2, 0.25) is 0 Å². The van der Waals surface area contributed by atoms with Crippen LogP contribution in [-0.4, -0.2) is 11.0 Å². The first-order chi connectivity index (χ1) is 12.2. The fourth-order valence-corrected chi connectivity index (χ4v) is 3.11. The first kappa shape index (κ1) is 20.3. The third kappa shape index (κ3) is 6.08. The molecule has 0 saturated carbocycles. The SMILES string of the molecule is C[C@H](CCCCc1cccc(F)c1)NCc1ccc2cnccc2c1.Cl. The van der Waals surface area contributed by atoms with Crippen LogP contribution in [0, 0.1) is 5.82 Å². The molecule has 138 valence electrons. The van der Waals surface area contributed by atoms with Crippen LogP contribution < -0.4 is 5.32 Å². The van der Waals surface area contributed by atoms with Gasteiger partial charge in [-0.05, 0) is 67.0 Å². The molecule has 4 heteroatoms. The molecule has 3 aromatic rings. The van der Waals surface area contributed by atoms with Crippen LogP contribution in [0.3, 0.4) is 0 Å². The molecule has 2 nitrogen and oxygen atoms in total. The Bertz CT molecular complexity index is 822. The average Bonchev–Trinajstić information content (AvgIpc) is 2.63. The summed E-state index contributed by atoms with van der Waals surface area (Å²) in [4.78, 5) is 4.15. The molecule has 2 aromatic carbocycles. The largest absolute Gasteiger partial charge is 0.310 e. The zero-order valence-corrected chi connectivity index (χ0v) is 15.9. The Morgan fingerprint density at radius 2 is 1.88 bits per heavy atom. The highest BCUT2D eigenvalue weighted by Crippen LogP contribution is 2.15. The van der Waals surface area contributed by atoms with E-state index >= 15 is 0 Å². The van der Waals surface area contributed by atoms with Gasteiger partial charge in [-0.1, -0.05) is 30.7 Å². The summed E-state index contributed by atoms with van der Waals surface area (Å²) in [6, 6.07) is 16.0. The molecule has 1 heterocycles.